The van der Waals surface area contributed by atoms with Gasteiger partial charge in [-0.05, 0) is 24.6 Å². The average Bonchev–Trinajstić information content (AvgIpc) is 2.42. The van der Waals surface area contributed by atoms with Gasteiger partial charge in [-0.1, -0.05) is 17.7 Å². The molecule has 0 aliphatic rings. The highest BCUT2D eigenvalue weighted by Gasteiger charge is 2.06. The van der Waals surface area contributed by atoms with Crippen LogP contribution in [0.15, 0.2) is 24.4 Å². The van der Waals surface area contributed by atoms with Gasteiger partial charge in [0.1, 0.15) is 0 Å². The highest BCUT2D eigenvalue weighted by Crippen LogP contribution is 2.27. The molecule has 0 radical (unpaired) electrons. The average molecular weight is 209 g/mol. The van der Waals surface area contributed by atoms with Gasteiger partial charge in [0.15, 0.2) is 0 Å². The van der Waals surface area contributed by atoms with Crippen molar-refractivity contribution in [2.75, 3.05) is 0 Å². The topological polar surface area (TPSA) is 30.9 Å². The first kappa shape index (κ1) is 9.56. The minimum atomic E-state index is 0.0515. The van der Waals surface area contributed by atoms with Crippen LogP contribution in [-0.2, 0) is 7.05 Å². The SMILES string of the molecule is CC(N)c1ccc2c(c1)c(Cl)cn2C. The molecule has 1 heterocycles. The predicted molar refractivity (Wildman–Crippen MR) is 60.5 cm³/mol. The van der Waals surface area contributed by atoms with E-state index in [2.05, 4.69) is 12.1 Å². The second-order valence-electron chi connectivity index (χ2n) is 3.65. The number of benzene rings is 1. The summed E-state index contributed by atoms with van der Waals surface area (Å²) in [5, 5.41) is 1.86. The summed E-state index contributed by atoms with van der Waals surface area (Å²) in [6.07, 6.45) is 1.91. The van der Waals surface area contributed by atoms with Crippen molar-refractivity contribution in [2.24, 2.45) is 12.8 Å². The van der Waals surface area contributed by atoms with Crippen LogP contribution in [0.1, 0.15) is 18.5 Å². The van der Waals surface area contributed by atoms with Crippen LogP contribution in [-0.4, -0.2) is 4.57 Å². The van der Waals surface area contributed by atoms with Crippen molar-refractivity contribution in [3.8, 4) is 0 Å². The maximum Gasteiger partial charge on any atom is 0.0661 e. The number of aryl methyl sites for hydroxylation is 1. The van der Waals surface area contributed by atoms with E-state index in [-0.39, 0.29) is 6.04 Å². The molecule has 0 saturated carbocycles. The van der Waals surface area contributed by atoms with Gasteiger partial charge in [-0.25, -0.2) is 0 Å². The molecule has 1 unspecified atom stereocenters. The van der Waals surface area contributed by atoms with E-state index in [4.69, 9.17) is 17.3 Å². The zero-order valence-corrected chi connectivity index (χ0v) is 9.05. The summed E-state index contributed by atoms with van der Waals surface area (Å²) in [6, 6.07) is 6.21. The molecule has 2 nitrogen and oxygen atoms in total. The van der Waals surface area contributed by atoms with Gasteiger partial charge < -0.3 is 10.3 Å². The van der Waals surface area contributed by atoms with Crippen LogP contribution < -0.4 is 5.73 Å². The standard InChI is InChI=1S/C11H13ClN2/c1-7(13)8-3-4-11-9(5-8)10(12)6-14(11)2/h3-7H,13H2,1-2H3. The van der Waals surface area contributed by atoms with Crippen molar-refractivity contribution >= 4 is 22.5 Å². The van der Waals surface area contributed by atoms with Gasteiger partial charge in [-0.3, -0.25) is 0 Å². The van der Waals surface area contributed by atoms with Gasteiger partial charge in [-0.2, -0.15) is 0 Å². The number of hydrogen-bond donors (Lipinski definition) is 1. The molecule has 0 bridgehead atoms. The number of halogens is 1. The maximum atomic E-state index is 6.09. The van der Waals surface area contributed by atoms with Crippen LogP contribution in [0.5, 0.6) is 0 Å². The fraction of sp³-hybridized carbons (Fsp3) is 0.273. The van der Waals surface area contributed by atoms with Crippen molar-refractivity contribution in [3.63, 3.8) is 0 Å². The molecule has 2 N–H and O–H groups in total. The van der Waals surface area contributed by atoms with Crippen LogP contribution in [0.4, 0.5) is 0 Å². The van der Waals surface area contributed by atoms with E-state index < -0.39 is 0 Å². The Labute approximate surface area is 88.3 Å². The molecule has 0 amide bonds. The van der Waals surface area contributed by atoms with Crippen molar-refractivity contribution in [1.82, 2.24) is 4.57 Å². The van der Waals surface area contributed by atoms with Gasteiger partial charge in [0.25, 0.3) is 0 Å². The summed E-state index contributed by atoms with van der Waals surface area (Å²) in [4.78, 5) is 0. The van der Waals surface area contributed by atoms with E-state index in [1.54, 1.807) is 0 Å². The predicted octanol–water partition coefficient (Wildman–Crippen LogP) is 2.85. The summed E-state index contributed by atoms with van der Waals surface area (Å²) in [7, 11) is 1.99. The van der Waals surface area contributed by atoms with Crippen LogP contribution >= 0.6 is 11.6 Å². The Morgan fingerprint density at radius 2 is 2.14 bits per heavy atom. The summed E-state index contributed by atoms with van der Waals surface area (Å²) < 4.78 is 2.02. The Balaban J connectivity index is 2.71. The fourth-order valence-electron chi connectivity index (χ4n) is 1.64. The summed E-state index contributed by atoms with van der Waals surface area (Å²) >= 11 is 6.09. The van der Waals surface area contributed by atoms with E-state index >= 15 is 0 Å². The smallest absolute Gasteiger partial charge is 0.0661 e. The van der Waals surface area contributed by atoms with Crippen molar-refractivity contribution in [2.45, 2.75) is 13.0 Å². The maximum absolute atomic E-state index is 6.09. The number of hydrogen-bond acceptors (Lipinski definition) is 1. The zero-order chi connectivity index (χ0) is 10.3. The molecular formula is C11H13ClN2. The van der Waals surface area contributed by atoms with E-state index in [9.17, 15) is 0 Å². The van der Waals surface area contributed by atoms with Crippen LogP contribution in [0.25, 0.3) is 10.9 Å². The molecule has 2 aromatic rings. The third kappa shape index (κ3) is 1.41. The first-order valence-electron chi connectivity index (χ1n) is 4.59. The van der Waals surface area contributed by atoms with E-state index in [1.807, 2.05) is 30.8 Å². The molecule has 0 saturated heterocycles. The number of fused-ring (bicyclic) bond motifs is 1. The van der Waals surface area contributed by atoms with E-state index in [0.717, 1.165) is 21.5 Å². The summed E-state index contributed by atoms with van der Waals surface area (Å²) in [6.45, 7) is 1.97. The lowest BCUT2D eigenvalue weighted by Gasteiger charge is -2.05. The monoisotopic (exact) mass is 208 g/mol. The van der Waals surface area contributed by atoms with Crippen molar-refractivity contribution in [3.05, 3.63) is 35.0 Å². The first-order valence-corrected chi connectivity index (χ1v) is 4.97. The van der Waals surface area contributed by atoms with Gasteiger partial charge in [0.05, 0.1) is 5.02 Å². The highest BCUT2D eigenvalue weighted by molar-refractivity contribution is 6.35. The van der Waals surface area contributed by atoms with Crippen LogP contribution in [0.3, 0.4) is 0 Å². The van der Waals surface area contributed by atoms with Crippen molar-refractivity contribution in [1.29, 1.82) is 0 Å². The number of rotatable bonds is 1. The van der Waals surface area contributed by atoms with Gasteiger partial charge in [0.2, 0.25) is 0 Å². The molecule has 0 fully saturated rings. The molecule has 0 aliphatic heterocycles. The largest absolute Gasteiger partial charge is 0.349 e. The molecule has 1 aromatic carbocycles. The third-order valence-electron chi connectivity index (χ3n) is 2.49. The molecule has 3 heteroatoms. The molecule has 1 atom stereocenters. The molecule has 74 valence electrons. The Morgan fingerprint density at radius 1 is 1.43 bits per heavy atom. The molecular weight excluding hydrogens is 196 g/mol. The lowest BCUT2D eigenvalue weighted by atomic mass is 10.1. The number of nitrogens with two attached hydrogens (primary N) is 1. The second-order valence-corrected chi connectivity index (χ2v) is 4.06. The summed E-state index contributed by atoms with van der Waals surface area (Å²) in [5.41, 5.74) is 8.07. The normalized spacial score (nSPS) is 13.4. The second kappa shape index (κ2) is 3.30. The lowest BCUT2D eigenvalue weighted by Crippen LogP contribution is -2.04. The van der Waals surface area contributed by atoms with Crippen LogP contribution in [0.2, 0.25) is 5.02 Å². The molecule has 2 rings (SSSR count). The Hall–Kier alpha value is -0.990. The van der Waals surface area contributed by atoms with E-state index in [1.165, 1.54) is 0 Å². The number of aromatic nitrogens is 1. The quantitative estimate of drug-likeness (QED) is 0.768. The molecule has 0 spiro atoms. The molecule has 1 aromatic heterocycles. The lowest BCUT2D eigenvalue weighted by molar-refractivity contribution is 0.819. The summed E-state index contributed by atoms with van der Waals surface area (Å²) in [5.74, 6) is 0. The minimum Gasteiger partial charge on any atom is -0.349 e. The highest BCUT2D eigenvalue weighted by atomic mass is 35.5. The van der Waals surface area contributed by atoms with Crippen molar-refractivity contribution < 1.29 is 0 Å². The van der Waals surface area contributed by atoms with Crippen LogP contribution in [0, 0.1) is 0 Å². The van der Waals surface area contributed by atoms with Gasteiger partial charge in [-0.15, -0.1) is 0 Å². The molecule has 14 heavy (non-hydrogen) atoms. The fourth-order valence-corrected chi connectivity index (χ4v) is 1.94. The number of nitrogens with zero attached hydrogens (tertiary/aromatic N) is 1. The van der Waals surface area contributed by atoms with Gasteiger partial charge in [0, 0.05) is 30.2 Å². The Bertz CT molecular complexity index is 471. The Kier molecular flexibility index (Phi) is 2.25. The molecule has 0 aliphatic carbocycles. The first-order chi connectivity index (χ1) is 6.59. The van der Waals surface area contributed by atoms with Gasteiger partial charge >= 0.3 is 0 Å². The van der Waals surface area contributed by atoms with E-state index in [0.29, 0.717) is 0 Å². The zero-order valence-electron chi connectivity index (χ0n) is 8.29. The minimum absolute atomic E-state index is 0.0515. The Morgan fingerprint density at radius 3 is 2.79 bits per heavy atom. The third-order valence-corrected chi connectivity index (χ3v) is 2.79.